The van der Waals surface area contributed by atoms with Crippen LogP contribution in [-0.2, 0) is 11.2 Å². The normalized spacial score (nSPS) is 19.0. The minimum absolute atomic E-state index is 0.226. The van der Waals surface area contributed by atoms with Gasteiger partial charge in [-0.25, -0.2) is 4.79 Å². The van der Waals surface area contributed by atoms with Crippen molar-refractivity contribution in [2.24, 2.45) is 0 Å². The molecule has 0 unspecified atom stereocenters. The molecule has 0 fully saturated rings. The van der Waals surface area contributed by atoms with Crippen molar-refractivity contribution >= 4 is 11.5 Å². The molecule has 0 bridgehead atoms. The van der Waals surface area contributed by atoms with Gasteiger partial charge in [0.1, 0.15) is 0 Å². The van der Waals surface area contributed by atoms with Crippen LogP contribution in [0.5, 0.6) is 5.88 Å². The summed E-state index contributed by atoms with van der Waals surface area (Å²) in [6, 6.07) is 0. The summed E-state index contributed by atoms with van der Waals surface area (Å²) in [4.78, 5) is 11.2. The smallest absolute Gasteiger partial charge is 0.364 e. The molecule has 0 saturated heterocycles. The lowest BCUT2D eigenvalue weighted by atomic mass is 9.94. The first-order valence-electron chi connectivity index (χ1n) is 3.78. The van der Waals surface area contributed by atoms with Crippen molar-refractivity contribution in [1.29, 1.82) is 0 Å². The van der Waals surface area contributed by atoms with E-state index in [9.17, 15) is 4.79 Å². The molecule has 0 aromatic carbocycles. The van der Waals surface area contributed by atoms with Crippen molar-refractivity contribution in [1.82, 2.24) is 5.10 Å². The lowest BCUT2D eigenvalue weighted by molar-refractivity contribution is -0.698. The van der Waals surface area contributed by atoms with Crippen molar-refractivity contribution in [2.75, 3.05) is 0 Å². The maximum absolute atomic E-state index is 11.2. The molecule has 0 spiro atoms. The molecule has 3 heterocycles. The van der Waals surface area contributed by atoms with Crippen LogP contribution in [0.1, 0.15) is 11.3 Å². The summed E-state index contributed by atoms with van der Waals surface area (Å²) in [7, 11) is 0. The molecule has 4 rings (SSSR count). The number of nitrogens with zero attached hydrogens (tertiary/aromatic N) is 2. The molecular formula is C8H3N2O2+. The maximum atomic E-state index is 11.2. The van der Waals surface area contributed by atoms with Crippen LogP contribution < -0.4 is 9.42 Å². The molecule has 4 nitrogen and oxygen atoms in total. The fourth-order valence-corrected chi connectivity index (χ4v) is 1.95. The highest BCUT2D eigenvalue weighted by Gasteiger charge is 2.56. The molecule has 0 aromatic heterocycles. The fourth-order valence-electron chi connectivity index (χ4n) is 1.95. The summed E-state index contributed by atoms with van der Waals surface area (Å²) in [5.74, 6) is 0.404. The summed E-state index contributed by atoms with van der Waals surface area (Å²) in [6.45, 7) is 0. The van der Waals surface area contributed by atoms with Gasteiger partial charge in [-0.15, -0.1) is 0 Å². The van der Waals surface area contributed by atoms with Crippen LogP contribution in [0.15, 0.2) is 6.08 Å². The Balaban J connectivity index is 2.22. The average Bonchev–Trinajstić information content (AvgIpc) is 2.31. The molecule has 4 aliphatic rings. The average molecular weight is 159 g/mol. The summed E-state index contributed by atoms with van der Waals surface area (Å²) < 4.78 is 6.69. The predicted octanol–water partition coefficient (Wildman–Crippen LogP) is -0.470. The molecule has 0 saturated carbocycles. The number of fused-ring (bicyclic) bond motifs is 1. The number of rotatable bonds is 0. The largest absolute Gasteiger partial charge is 0.423 e. The Hall–Kier alpha value is -1.71. The third-order valence-electron chi connectivity index (χ3n) is 2.53. The Morgan fingerprint density at radius 2 is 2.50 bits per heavy atom. The molecule has 0 amide bonds. The van der Waals surface area contributed by atoms with E-state index in [1.165, 1.54) is 0 Å². The van der Waals surface area contributed by atoms with E-state index >= 15 is 0 Å². The lowest BCUT2D eigenvalue weighted by Crippen LogP contribution is -2.51. The van der Waals surface area contributed by atoms with Crippen LogP contribution in [0.3, 0.4) is 0 Å². The van der Waals surface area contributed by atoms with Gasteiger partial charge >= 0.3 is 11.8 Å². The number of allylic oxidation sites excluding steroid dienone is 1. The van der Waals surface area contributed by atoms with Gasteiger partial charge in [0.2, 0.25) is 0 Å². The minimum atomic E-state index is -0.226. The van der Waals surface area contributed by atoms with Crippen molar-refractivity contribution in [3.05, 3.63) is 17.3 Å². The lowest BCUT2D eigenvalue weighted by Gasteiger charge is -2.15. The highest BCUT2D eigenvalue weighted by Crippen LogP contribution is 2.45. The van der Waals surface area contributed by atoms with E-state index in [1.807, 2.05) is 6.08 Å². The Labute approximate surface area is 67.1 Å². The zero-order valence-corrected chi connectivity index (χ0v) is 6.00. The molecule has 0 N–H and O–H groups in total. The van der Waals surface area contributed by atoms with Gasteiger partial charge in [-0.05, 0) is 4.68 Å². The Kier molecular flexibility index (Phi) is 0.493. The monoisotopic (exact) mass is 159 g/mol. The molecule has 0 radical (unpaired) electrons. The molecule has 0 aromatic rings. The highest BCUT2D eigenvalue weighted by molar-refractivity contribution is 6.23. The van der Waals surface area contributed by atoms with Gasteiger partial charge in [-0.3, -0.25) is 0 Å². The summed E-state index contributed by atoms with van der Waals surface area (Å²) >= 11 is 0. The molecule has 3 aliphatic heterocycles. The molecule has 1 aliphatic carbocycles. The molecule has 56 valence electrons. The number of hydrogen-bond acceptors (Lipinski definition) is 3. The van der Waals surface area contributed by atoms with Crippen LogP contribution in [0.4, 0.5) is 0 Å². The number of carbonyl (C=O) groups excluding carboxylic acids is 1. The van der Waals surface area contributed by atoms with Crippen molar-refractivity contribution in [2.45, 2.75) is 6.42 Å². The van der Waals surface area contributed by atoms with Crippen molar-refractivity contribution < 1.29 is 14.2 Å². The van der Waals surface area contributed by atoms with Crippen LogP contribution in [0.25, 0.3) is 11.3 Å². The first-order chi connectivity index (χ1) is 5.86. The molecule has 0 atom stereocenters. The van der Waals surface area contributed by atoms with Gasteiger partial charge in [-0.2, -0.15) is 0 Å². The maximum Gasteiger partial charge on any atom is 0.423 e. The van der Waals surface area contributed by atoms with Crippen LogP contribution in [0.2, 0.25) is 0 Å². The van der Waals surface area contributed by atoms with E-state index in [4.69, 9.17) is 4.74 Å². The van der Waals surface area contributed by atoms with Crippen LogP contribution in [-0.4, -0.2) is 11.1 Å². The number of aromatic nitrogens is 2. The molecule has 12 heavy (non-hydrogen) atoms. The van der Waals surface area contributed by atoms with E-state index in [1.54, 1.807) is 4.68 Å². The topological polar surface area (TPSA) is 43.1 Å². The third-order valence-corrected chi connectivity index (χ3v) is 2.53. The first kappa shape index (κ1) is 5.03. The van der Waals surface area contributed by atoms with Crippen molar-refractivity contribution in [3.63, 3.8) is 0 Å². The molecule has 4 heteroatoms. The zero-order valence-electron chi connectivity index (χ0n) is 6.00. The fraction of sp³-hybridized carbons (Fsp3) is 0.125. The van der Waals surface area contributed by atoms with E-state index in [-0.39, 0.29) is 5.97 Å². The standard InChI is InChI=1S/C8H3N2O2/c11-8-3-1-2-4-6-5(3)7(12-8)10(6)9-4/h1H,2H2/q+1. The Morgan fingerprint density at radius 1 is 1.58 bits per heavy atom. The number of ether oxygens (including phenoxy) is 1. The van der Waals surface area contributed by atoms with Gasteiger partial charge < -0.3 is 4.74 Å². The quantitative estimate of drug-likeness (QED) is 0.385. The SMILES string of the molecule is O=C1Oc2c3c4c(n[n+]2-4)CC=C13. The second kappa shape index (κ2) is 1.18. The zero-order chi connectivity index (χ0) is 7.87. The summed E-state index contributed by atoms with van der Waals surface area (Å²) in [5, 5.41) is 4.16. The first-order valence-corrected chi connectivity index (χ1v) is 3.78. The van der Waals surface area contributed by atoms with E-state index in [2.05, 4.69) is 5.10 Å². The Morgan fingerprint density at radius 3 is 3.42 bits per heavy atom. The van der Waals surface area contributed by atoms with Gasteiger partial charge in [0, 0.05) is 11.5 Å². The van der Waals surface area contributed by atoms with Gasteiger partial charge in [0.15, 0.2) is 11.3 Å². The number of esters is 1. The van der Waals surface area contributed by atoms with Gasteiger partial charge in [0.05, 0.1) is 5.57 Å². The van der Waals surface area contributed by atoms with Gasteiger partial charge in [0.25, 0.3) is 5.69 Å². The number of hydrogen-bond donors (Lipinski definition) is 0. The number of carbonyl (C=O) groups is 1. The third kappa shape index (κ3) is 0.285. The summed E-state index contributed by atoms with van der Waals surface area (Å²) in [6.07, 6.45) is 2.66. The van der Waals surface area contributed by atoms with E-state index in [0.29, 0.717) is 5.88 Å². The van der Waals surface area contributed by atoms with E-state index < -0.39 is 0 Å². The minimum Gasteiger partial charge on any atom is -0.364 e. The highest BCUT2D eigenvalue weighted by atomic mass is 16.6. The van der Waals surface area contributed by atoms with Crippen LogP contribution in [0, 0.1) is 0 Å². The Bertz CT molecular complexity index is 502. The second-order valence-corrected chi connectivity index (χ2v) is 3.10. The predicted molar refractivity (Wildman–Crippen MR) is 36.6 cm³/mol. The van der Waals surface area contributed by atoms with Crippen LogP contribution >= 0.6 is 0 Å². The van der Waals surface area contributed by atoms with Crippen molar-refractivity contribution in [3.8, 4) is 11.6 Å². The van der Waals surface area contributed by atoms with E-state index in [0.717, 1.165) is 28.9 Å². The second-order valence-electron chi connectivity index (χ2n) is 3.10. The summed E-state index contributed by atoms with van der Waals surface area (Å²) in [5.41, 5.74) is 3.90. The van der Waals surface area contributed by atoms with Gasteiger partial charge in [-0.1, -0.05) is 6.08 Å². The molecular weight excluding hydrogens is 156 g/mol.